The van der Waals surface area contributed by atoms with Gasteiger partial charge < -0.3 is 15.0 Å². The molecule has 8 nitrogen and oxygen atoms in total. The number of hydrogen-bond donors (Lipinski definition) is 1. The monoisotopic (exact) mass is 591 g/mol. The molecule has 0 radical (unpaired) electrons. The summed E-state index contributed by atoms with van der Waals surface area (Å²) >= 11 is 12.2. The van der Waals surface area contributed by atoms with Crippen molar-refractivity contribution in [3.63, 3.8) is 0 Å². The Morgan fingerprint density at radius 3 is 2.26 bits per heavy atom. The molecule has 0 aliphatic carbocycles. The number of anilines is 1. The van der Waals surface area contributed by atoms with Crippen molar-refractivity contribution in [1.29, 1.82) is 0 Å². The van der Waals surface area contributed by atoms with E-state index in [1.54, 1.807) is 25.1 Å². The Labute approximate surface area is 239 Å². The lowest BCUT2D eigenvalue weighted by molar-refractivity contribution is -0.140. The fraction of sp³-hybridized carbons (Fsp3) is 0.286. The second-order valence-corrected chi connectivity index (χ2v) is 11.6. The molecule has 0 spiro atoms. The molecule has 0 bridgehead atoms. The van der Waals surface area contributed by atoms with Crippen LogP contribution in [0, 0.1) is 0 Å². The molecule has 208 valence electrons. The van der Waals surface area contributed by atoms with Crippen molar-refractivity contribution in [2.45, 2.75) is 25.9 Å². The zero-order valence-corrected chi connectivity index (χ0v) is 24.3. The standard InChI is InChI=1S/C28H31Cl2N3O5S/c1-4-31-28(35)26(16-20-9-6-5-7-10-20)32(18-21-11-8-12-23(15-21)38-2)27(34)19-33(39(3,36)37)22-13-14-24(29)25(30)17-22/h5-15,17,26H,4,16,18-19H2,1-3H3,(H,31,35)/t26-/m1/s1. The number of amides is 2. The van der Waals surface area contributed by atoms with E-state index in [1.807, 2.05) is 36.4 Å². The number of rotatable bonds is 12. The molecule has 0 saturated carbocycles. The number of halogens is 2. The predicted molar refractivity (Wildman–Crippen MR) is 155 cm³/mol. The molecule has 2 amide bonds. The van der Waals surface area contributed by atoms with Crippen LogP contribution < -0.4 is 14.4 Å². The molecule has 0 heterocycles. The number of likely N-dealkylation sites (N-methyl/N-ethyl adjacent to an activating group) is 1. The molecule has 3 rings (SSSR count). The smallest absolute Gasteiger partial charge is 0.244 e. The van der Waals surface area contributed by atoms with E-state index in [0.717, 1.165) is 16.1 Å². The summed E-state index contributed by atoms with van der Waals surface area (Å²) < 4.78 is 31.9. The number of methoxy groups -OCH3 is 1. The Hall–Kier alpha value is -3.27. The Kier molecular flexibility index (Phi) is 10.6. The maximum absolute atomic E-state index is 14.0. The maximum Gasteiger partial charge on any atom is 0.244 e. The van der Waals surface area contributed by atoms with Gasteiger partial charge in [-0.3, -0.25) is 13.9 Å². The number of nitrogens with one attached hydrogen (secondary N) is 1. The molecule has 1 N–H and O–H groups in total. The summed E-state index contributed by atoms with van der Waals surface area (Å²) in [4.78, 5) is 28.7. The van der Waals surface area contributed by atoms with Gasteiger partial charge in [0.1, 0.15) is 18.3 Å². The number of carbonyl (C=O) groups is 2. The van der Waals surface area contributed by atoms with Gasteiger partial charge in [-0.05, 0) is 48.4 Å². The highest BCUT2D eigenvalue weighted by atomic mass is 35.5. The lowest BCUT2D eigenvalue weighted by atomic mass is 10.0. The molecule has 0 saturated heterocycles. The molecule has 3 aromatic rings. The highest BCUT2D eigenvalue weighted by molar-refractivity contribution is 7.92. The van der Waals surface area contributed by atoms with E-state index in [2.05, 4.69) is 5.32 Å². The molecule has 11 heteroatoms. The molecular weight excluding hydrogens is 561 g/mol. The third-order valence-electron chi connectivity index (χ3n) is 5.98. The highest BCUT2D eigenvalue weighted by Gasteiger charge is 2.33. The lowest BCUT2D eigenvalue weighted by Gasteiger charge is -2.33. The number of sulfonamides is 1. The number of benzene rings is 3. The van der Waals surface area contributed by atoms with E-state index in [0.29, 0.717) is 17.9 Å². The van der Waals surface area contributed by atoms with Crippen molar-refractivity contribution < 1.29 is 22.7 Å². The van der Waals surface area contributed by atoms with E-state index in [9.17, 15) is 18.0 Å². The van der Waals surface area contributed by atoms with Crippen molar-refractivity contribution in [3.05, 3.63) is 94.0 Å². The maximum atomic E-state index is 14.0. The Morgan fingerprint density at radius 1 is 0.949 bits per heavy atom. The Bertz CT molecular complexity index is 1400. The zero-order valence-electron chi connectivity index (χ0n) is 21.9. The summed E-state index contributed by atoms with van der Waals surface area (Å²) in [7, 11) is -2.37. The van der Waals surface area contributed by atoms with Crippen LogP contribution in [0.5, 0.6) is 5.75 Å². The van der Waals surface area contributed by atoms with E-state index in [1.165, 1.54) is 30.2 Å². The number of hydrogen-bond acceptors (Lipinski definition) is 5. The summed E-state index contributed by atoms with van der Waals surface area (Å²) in [5.41, 5.74) is 1.74. The average Bonchev–Trinajstić information content (AvgIpc) is 2.91. The molecule has 0 aromatic heterocycles. The van der Waals surface area contributed by atoms with Gasteiger partial charge in [-0.2, -0.15) is 0 Å². The first-order chi connectivity index (χ1) is 18.5. The van der Waals surface area contributed by atoms with Crippen LogP contribution in [-0.2, 0) is 32.6 Å². The van der Waals surface area contributed by atoms with Crippen molar-refractivity contribution in [1.82, 2.24) is 10.2 Å². The third kappa shape index (κ3) is 8.36. The fourth-order valence-corrected chi connectivity index (χ4v) is 5.20. The van der Waals surface area contributed by atoms with Gasteiger partial charge in [-0.25, -0.2) is 8.42 Å². The Balaban J connectivity index is 2.06. The van der Waals surface area contributed by atoms with Gasteiger partial charge in [-0.1, -0.05) is 65.7 Å². The lowest BCUT2D eigenvalue weighted by Crippen LogP contribution is -2.53. The van der Waals surface area contributed by atoms with Gasteiger partial charge in [0.15, 0.2) is 0 Å². The first-order valence-corrected chi connectivity index (χ1v) is 14.8. The fourth-order valence-electron chi connectivity index (χ4n) is 4.07. The van der Waals surface area contributed by atoms with E-state index >= 15 is 0 Å². The first-order valence-electron chi connectivity index (χ1n) is 12.2. The highest BCUT2D eigenvalue weighted by Crippen LogP contribution is 2.29. The molecule has 0 aliphatic rings. The van der Waals surface area contributed by atoms with Crippen LogP contribution in [0.2, 0.25) is 10.0 Å². The van der Waals surface area contributed by atoms with Crippen LogP contribution in [0.4, 0.5) is 5.69 Å². The molecule has 3 aromatic carbocycles. The minimum absolute atomic E-state index is 0.0453. The van der Waals surface area contributed by atoms with Gasteiger partial charge >= 0.3 is 0 Å². The van der Waals surface area contributed by atoms with Crippen molar-refractivity contribution in [2.75, 3.05) is 30.8 Å². The molecular formula is C28H31Cl2N3O5S. The van der Waals surface area contributed by atoms with Crippen LogP contribution >= 0.6 is 23.2 Å². The van der Waals surface area contributed by atoms with Gasteiger partial charge in [0.2, 0.25) is 21.8 Å². The molecule has 1 atom stereocenters. The second-order valence-electron chi connectivity index (χ2n) is 8.84. The molecule has 0 unspecified atom stereocenters. The Morgan fingerprint density at radius 2 is 1.64 bits per heavy atom. The number of carbonyl (C=O) groups excluding carboxylic acids is 2. The molecule has 39 heavy (non-hydrogen) atoms. The SMILES string of the molecule is CCNC(=O)[C@@H](Cc1ccccc1)N(Cc1cccc(OC)c1)C(=O)CN(c1ccc(Cl)c(Cl)c1)S(C)(=O)=O. The first kappa shape index (κ1) is 30.3. The summed E-state index contributed by atoms with van der Waals surface area (Å²) in [6.45, 7) is 1.65. The largest absolute Gasteiger partial charge is 0.497 e. The zero-order chi connectivity index (χ0) is 28.6. The van der Waals surface area contributed by atoms with Crippen LogP contribution in [0.3, 0.4) is 0 Å². The molecule has 0 aliphatic heterocycles. The minimum Gasteiger partial charge on any atom is -0.497 e. The van der Waals surface area contributed by atoms with E-state index in [4.69, 9.17) is 27.9 Å². The van der Waals surface area contributed by atoms with Crippen LogP contribution in [0.1, 0.15) is 18.1 Å². The van der Waals surface area contributed by atoms with Crippen molar-refractivity contribution in [2.24, 2.45) is 0 Å². The topological polar surface area (TPSA) is 96.0 Å². The number of nitrogens with zero attached hydrogens (tertiary/aromatic N) is 2. The van der Waals surface area contributed by atoms with Gasteiger partial charge in [0.25, 0.3) is 0 Å². The minimum atomic E-state index is -3.91. The van der Waals surface area contributed by atoms with Gasteiger partial charge in [0.05, 0.1) is 29.1 Å². The second kappa shape index (κ2) is 13.7. The predicted octanol–water partition coefficient (Wildman–Crippen LogP) is 4.54. The quantitative estimate of drug-likeness (QED) is 0.333. The summed E-state index contributed by atoms with van der Waals surface area (Å²) in [6.07, 6.45) is 1.23. The van der Waals surface area contributed by atoms with Crippen molar-refractivity contribution in [3.8, 4) is 5.75 Å². The normalized spacial score (nSPS) is 11.9. The van der Waals surface area contributed by atoms with Crippen LogP contribution in [-0.4, -0.2) is 57.6 Å². The van der Waals surface area contributed by atoms with E-state index in [-0.39, 0.29) is 34.6 Å². The van der Waals surface area contributed by atoms with Crippen molar-refractivity contribution >= 4 is 50.7 Å². The van der Waals surface area contributed by atoms with Crippen LogP contribution in [0.25, 0.3) is 0 Å². The number of ether oxygens (including phenoxy) is 1. The van der Waals surface area contributed by atoms with E-state index < -0.39 is 28.5 Å². The third-order valence-corrected chi connectivity index (χ3v) is 7.86. The molecule has 0 fully saturated rings. The van der Waals surface area contributed by atoms with Gasteiger partial charge in [-0.15, -0.1) is 0 Å². The average molecular weight is 593 g/mol. The summed E-state index contributed by atoms with van der Waals surface area (Å²) in [5, 5.41) is 3.21. The summed E-state index contributed by atoms with van der Waals surface area (Å²) in [5.74, 6) is -0.328. The van der Waals surface area contributed by atoms with Crippen LogP contribution in [0.15, 0.2) is 72.8 Å². The summed E-state index contributed by atoms with van der Waals surface area (Å²) in [6, 6.07) is 19.9. The van der Waals surface area contributed by atoms with Gasteiger partial charge in [0, 0.05) is 19.5 Å².